The smallest absolute Gasteiger partial charge is 0.262 e. The number of sulfonamides is 1. The molecule has 128 valence electrons. The van der Waals surface area contributed by atoms with E-state index in [4.69, 9.17) is 4.52 Å². The fraction of sp³-hybridized carbons (Fsp3) is 0.222. The second-order valence-corrected chi connectivity index (χ2v) is 7.83. The Morgan fingerprint density at radius 2 is 1.88 bits per heavy atom. The molecule has 0 saturated heterocycles. The molecule has 0 spiro atoms. The number of benzene rings is 2. The van der Waals surface area contributed by atoms with E-state index in [0.29, 0.717) is 34.4 Å². The third-order valence-electron chi connectivity index (χ3n) is 4.13. The third-order valence-corrected chi connectivity index (χ3v) is 5.65. The van der Waals surface area contributed by atoms with Gasteiger partial charge in [-0.15, -0.1) is 0 Å². The Morgan fingerprint density at radius 3 is 2.60 bits per heavy atom. The van der Waals surface area contributed by atoms with E-state index in [-0.39, 0.29) is 4.90 Å². The minimum atomic E-state index is -3.71. The Labute approximate surface area is 145 Å². The summed E-state index contributed by atoms with van der Waals surface area (Å²) in [6.07, 6.45) is 2.13. The minimum absolute atomic E-state index is 0.201. The first kappa shape index (κ1) is 15.8. The van der Waals surface area contributed by atoms with Crippen LogP contribution in [0.2, 0.25) is 0 Å². The number of anilines is 1. The summed E-state index contributed by atoms with van der Waals surface area (Å²) in [6, 6.07) is 13.9. The van der Waals surface area contributed by atoms with Crippen LogP contribution in [0.15, 0.2) is 57.9 Å². The zero-order chi connectivity index (χ0) is 17.4. The van der Waals surface area contributed by atoms with Gasteiger partial charge in [-0.1, -0.05) is 35.5 Å². The van der Waals surface area contributed by atoms with Crippen molar-refractivity contribution in [1.82, 2.24) is 10.1 Å². The van der Waals surface area contributed by atoms with Crippen molar-refractivity contribution in [2.45, 2.75) is 30.6 Å². The summed E-state index contributed by atoms with van der Waals surface area (Å²) in [5.74, 6) is 1.40. The predicted molar refractivity (Wildman–Crippen MR) is 93.7 cm³/mol. The summed E-state index contributed by atoms with van der Waals surface area (Å²) >= 11 is 0. The number of aryl methyl sites for hydroxylation is 1. The fourth-order valence-corrected chi connectivity index (χ4v) is 3.92. The van der Waals surface area contributed by atoms with Gasteiger partial charge in [-0.2, -0.15) is 4.98 Å². The quantitative estimate of drug-likeness (QED) is 0.754. The number of nitrogens with one attached hydrogen (secondary N) is 1. The molecule has 1 saturated carbocycles. The monoisotopic (exact) mass is 355 g/mol. The van der Waals surface area contributed by atoms with Crippen LogP contribution in [0.25, 0.3) is 11.4 Å². The molecular formula is C18H17N3O3S. The second kappa shape index (κ2) is 6.00. The van der Waals surface area contributed by atoms with Crippen LogP contribution in [0.4, 0.5) is 5.69 Å². The van der Waals surface area contributed by atoms with Crippen molar-refractivity contribution in [2.24, 2.45) is 0 Å². The zero-order valence-electron chi connectivity index (χ0n) is 13.6. The number of para-hydroxylation sites is 1. The number of hydrogen-bond acceptors (Lipinski definition) is 5. The van der Waals surface area contributed by atoms with E-state index in [1.165, 1.54) is 0 Å². The van der Waals surface area contributed by atoms with Crippen LogP contribution in [0.3, 0.4) is 0 Å². The molecule has 0 amide bonds. The maximum absolute atomic E-state index is 12.8. The molecule has 1 fully saturated rings. The molecule has 1 heterocycles. The first-order chi connectivity index (χ1) is 12.0. The van der Waals surface area contributed by atoms with Gasteiger partial charge in [0.15, 0.2) is 0 Å². The van der Waals surface area contributed by atoms with Gasteiger partial charge < -0.3 is 4.52 Å². The lowest BCUT2D eigenvalue weighted by Crippen LogP contribution is -2.14. The van der Waals surface area contributed by atoms with E-state index in [9.17, 15) is 8.42 Å². The van der Waals surface area contributed by atoms with Crippen LogP contribution in [-0.2, 0) is 10.0 Å². The standard InChI is InChI=1S/C18H17N3O3S/c1-12-7-8-14(17-19-18(24-20-17)13-9-10-13)11-16(12)25(22,23)21-15-5-3-2-4-6-15/h2-8,11,13,21H,9-10H2,1H3. The van der Waals surface area contributed by atoms with Crippen molar-refractivity contribution in [2.75, 3.05) is 4.72 Å². The molecule has 6 nitrogen and oxygen atoms in total. The van der Waals surface area contributed by atoms with E-state index in [0.717, 1.165) is 12.8 Å². The highest BCUT2D eigenvalue weighted by molar-refractivity contribution is 7.92. The van der Waals surface area contributed by atoms with Crippen molar-refractivity contribution < 1.29 is 12.9 Å². The molecule has 0 radical (unpaired) electrons. The molecule has 3 aromatic rings. The third kappa shape index (κ3) is 3.28. The van der Waals surface area contributed by atoms with Gasteiger partial charge in [-0.25, -0.2) is 8.42 Å². The molecule has 1 aliphatic rings. The van der Waals surface area contributed by atoms with Crippen LogP contribution in [0, 0.1) is 6.92 Å². The molecule has 25 heavy (non-hydrogen) atoms. The van der Waals surface area contributed by atoms with Gasteiger partial charge in [-0.05, 0) is 43.5 Å². The van der Waals surface area contributed by atoms with Crippen molar-refractivity contribution >= 4 is 15.7 Å². The number of rotatable bonds is 5. The van der Waals surface area contributed by atoms with E-state index in [2.05, 4.69) is 14.9 Å². The summed E-state index contributed by atoms with van der Waals surface area (Å²) in [4.78, 5) is 4.59. The lowest BCUT2D eigenvalue weighted by atomic mass is 10.1. The Hall–Kier alpha value is -2.67. The second-order valence-electron chi connectivity index (χ2n) is 6.18. The van der Waals surface area contributed by atoms with Crippen molar-refractivity contribution in [3.8, 4) is 11.4 Å². The molecule has 0 unspecified atom stereocenters. The largest absolute Gasteiger partial charge is 0.339 e. The molecule has 2 aromatic carbocycles. The predicted octanol–water partition coefficient (Wildman–Crippen LogP) is 3.72. The first-order valence-corrected chi connectivity index (χ1v) is 9.54. The summed E-state index contributed by atoms with van der Waals surface area (Å²) in [5, 5.41) is 3.98. The maximum Gasteiger partial charge on any atom is 0.262 e. The van der Waals surface area contributed by atoms with Gasteiger partial charge >= 0.3 is 0 Å². The molecule has 0 bridgehead atoms. The van der Waals surface area contributed by atoms with Gasteiger partial charge in [0.1, 0.15) is 0 Å². The summed E-state index contributed by atoms with van der Waals surface area (Å²) in [6.45, 7) is 1.76. The molecule has 1 aliphatic carbocycles. The highest BCUT2D eigenvalue weighted by Crippen LogP contribution is 2.39. The minimum Gasteiger partial charge on any atom is -0.339 e. The Balaban J connectivity index is 1.68. The Kier molecular flexibility index (Phi) is 3.80. The van der Waals surface area contributed by atoms with Crippen LogP contribution < -0.4 is 4.72 Å². The van der Waals surface area contributed by atoms with E-state index in [1.807, 2.05) is 6.07 Å². The molecule has 1 aromatic heterocycles. The van der Waals surface area contributed by atoms with Crippen LogP contribution in [-0.4, -0.2) is 18.6 Å². The van der Waals surface area contributed by atoms with Gasteiger partial charge in [0, 0.05) is 17.2 Å². The number of hydrogen-bond donors (Lipinski definition) is 1. The van der Waals surface area contributed by atoms with E-state index in [1.54, 1.807) is 49.4 Å². The first-order valence-electron chi connectivity index (χ1n) is 8.05. The molecule has 7 heteroatoms. The number of aromatic nitrogens is 2. The molecule has 0 atom stereocenters. The van der Waals surface area contributed by atoms with E-state index >= 15 is 0 Å². The maximum atomic E-state index is 12.8. The topological polar surface area (TPSA) is 85.1 Å². The Morgan fingerprint density at radius 1 is 1.12 bits per heavy atom. The SMILES string of the molecule is Cc1ccc(-c2noc(C3CC3)n2)cc1S(=O)(=O)Nc1ccccc1. The average molecular weight is 355 g/mol. The molecule has 0 aliphatic heterocycles. The van der Waals surface area contributed by atoms with Gasteiger partial charge in [0.05, 0.1) is 4.90 Å². The highest BCUT2D eigenvalue weighted by Gasteiger charge is 2.30. The van der Waals surface area contributed by atoms with Gasteiger partial charge in [-0.3, -0.25) is 4.72 Å². The molecular weight excluding hydrogens is 338 g/mol. The fourth-order valence-electron chi connectivity index (χ4n) is 2.59. The van der Waals surface area contributed by atoms with Gasteiger partial charge in [0.25, 0.3) is 10.0 Å². The summed E-state index contributed by atoms with van der Waals surface area (Å²) in [5.41, 5.74) is 1.79. The number of nitrogens with zero attached hydrogens (tertiary/aromatic N) is 2. The lowest BCUT2D eigenvalue weighted by molar-refractivity contribution is 0.380. The van der Waals surface area contributed by atoms with Crippen LogP contribution in [0.5, 0.6) is 0 Å². The average Bonchev–Trinajstić information content (AvgIpc) is 3.33. The van der Waals surface area contributed by atoms with Crippen molar-refractivity contribution in [3.63, 3.8) is 0 Å². The normalized spacial score (nSPS) is 14.4. The highest BCUT2D eigenvalue weighted by atomic mass is 32.2. The summed E-state index contributed by atoms with van der Waals surface area (Å²) < 4.78 is 33.4. The Bertz CT molecular complexity index is 1010. The lowest BCUT2D eigenvalue weighted by Gasteiger charge is -2.11. The molecule has 1 N–H and O–H groups in total. The van der Waals surface area contributed by atoms with Gasteiger partial charge in [0.2, 0.25) is 11.7 Å². The van der Waals surface area contributed by atoms with Crippen LogP contribution >= 0.6 is 0 Å². The zero-order valence-corrected chi connectivity index (χ0v) is 14.5. The van der Waals surface area contributed by atoms with Crippen LogP contribution in [0.1, 0.15) is 30.2 Å². The summed E-state index contributed by atoms with van der Waals surface area (Å²) in [7, 11) is -3.71. The van der Waals surface area contributed by atoms with E-state index < -0.39 is 10.0 Å². The molecule has 4 rings (SSSR count). The van der Waals surface area contributed by atoms with Crippen molar-refractivity contribution in [1.29, 1.82) is 0 Å². The van der Waals surface area contributed by atoms with Crippen molar-refractivity contribution in [3.05, 3.63) is 60.0 Å².